The maximum atomic E-state index is 12.3. The Morgan fingerprint density at radius 1 is 1.29 bits per heavy atom. The molecule has 2 unspecified atom stereocenters. The van der Waals surface area contributed by atoms with Crippen LogP contribution in [0.2, 0.25) is 0 Å². The first-order valence-corrected chi connectivity index (χ1v) is 9.09. The summed E-state index contributed by atoms with van der Waals surface area (Å²) in [7, 11) is 0. The Bertz CT molecular complexity index is 557. The monoisotopic (exact) mass is 332 g/mol. The lowest BCUT2D eigenvalue weighted by molar-refractivity contribution is 0.0435. The van der Waals surface area contributed by atoms with Crippen LogP contribution < -0.4 is 10.1 Å². The topological polar surface area (TPSA) is 61.8 Å². The average Bonchev–Trinajstić information content (AvgIpc) is 3.09. The number of hydrogen-bond acceptors (Lipinski definition) is 3. The van der Waals surface area contributed by atoms with Crippen molar-refractivity contribution in [1.29, 1.82) is 0 Å². The number of aliphatic hydroxyl groups is 1. The van der Waals surface area contributed by atoms with Crippen molar-refractivity contribution in [2.24, 2.45) is 5.92 Å². The van der Waals surface area contributed by atoms with Gasteiger partial charge in [0.15, 0.2) is 0 Å². The number of carbonyl (C=O) groups is 1. The molecule has 1 saturated heterocycles. The Morgan fingerprint density at radius 2 is 2.04 bits per heavy atom. The highest BCUT2D eigenvalue weighted by Gasteiger charge is 2.27. The summed E-state index contributed by atoms with van der Waals surface area (Å²) >= 11 is 0. The smallest absolute Gasteiger partial charge is 0.317 e. The molecule has 0 radical (unpaired) electrons. The van der Waals surface area contributed by atoms with Crippen molar-refractivity contribution < 1.29 is 14.6 Å². The number of urea groups is 1. The largest absolute Gasteiger partial charge is 0.490 e. The van der Waals surface area contributed by atoms with Crippen molar-refractivity contribution in [3.8, 4) is 5.75 Å². The number of para-hydroxylation sites is 1. The molecular weight excluding hydrogens is 304 g/mol. The van der Waals surface area contributed by atoms with E-state index in [0.29, 0.717) is 25.7 Å². The van der Waals surface area contributed by atoms with Crippen LogP contribution in [0.1, 0.15) is 44.6 Å². The molecule has 1 saturated carbocycles. The van der Waals surface area contributed by atoms with Crippen molar-refractivity contribution >= 4 is 6.03 Å². The Balaban J connectivity index is 1.55. The maximum Gasteiger partial charge on any atom is 0.317 e. The average molecular weight is 332 g/mol. The SMILES string of the molecule is CC1CCN(C(=O)NCc2ccccc2OC2CCCC2)CC1O. The minimum absolute atomic E-state index is 0.114. The highest BCUT2D eigenvalue weighted by molar-refractivity contribution is 5.74. The number of hydrogen-bond donors (Lipinski definition) is 2. The van der Waals surface area contributed by atoms with Gasteiger partial charge in [-0.25, -0.2) is 4.79 Å². The zero-order valence-electron chi connectivity index (χ0n) is 14.4. The van der Waals surface area contributed by atoms with Crippen LogP contribution in [0.15, 0.2) is 24.3 Å². The molecule has 3 rings (SSSR count). The van der Waals surface area contributed by atoms with Crippen LogP contribution in [0.5, 0.6) is 5.75 Å². The predicted molar refractivity (Wildman–Crippen MR) is 92.9 cm³/mol. The van der Waals surface area contributed by atoms with Gasteiger partial charge in [0.05, 0.1) is 12.2 Å². The lowest BCUT2D eigenvalue weighted by Crippen LogP contribution is -2.49. The molecular formula is C19H28N2O3. The van der Waals surface area contributed by atoms with Gasteiger partial charge in [-0.15, -0.1) is 0 Å². The number of nitrogens with one attached hydrogen (secondary N) is 1. The first-order valence-electron chi connectivity index (χ1n) is 9.09. The number of amides is 2. The second kappa shape index (κ2) is 7.88. The standard InChI is InChI=1S/C19H28N2O3/c1-14-10-11-21(13-17(14)22)19(23)20-12-15-6-2-5-9-18(15)24-16-7-3-4-8-16/h2,5-6,9,14,16-17,22H,3-4,7-8,10-13H2,1H3,(H,20,23). The second-order valence-corrected chi connectivity index (χ2v) is 7.07. The second-order valence-electron chi connectivity index (χ2n) is 7.07. The minimum atomic E-state index is -0.428. The van der Waals surface area contributed by atoms with E-state index >= 15 is 0 Å². The fraction of sp³-hybridized carbons (Fsp3) is 0.632. The molecule has 132 valence electrons. The summed E-state index contributed by atoms with van der Waals surface area (Å²) in [6.45, 7) is 3.58. The number of carbonyl (C=O) groups excluding carboxylic acids is 1. The lowest BCUT2D eigenvalue weighted by atomic mass is 9.96. The van der Waals surface area contributed by atoms with Gasteiger partial charge in [-0.3, -0.25) is 0 Å². The highest BCUT2D eigenvalue weighted by atomic mass is 16.5. The molecule has 0 spiro atoms. The molecule has 1 aromatic carbocycles. The number of β-amino-alcohol motifs (C(OH)–C–C–N with tert-alkyl or cyclic N) is 1. The molecule has 5 nitrogen and oxygen atoms in total. The fourth-order valence-electron chi connectivity index (χ4n) is 3.47. The third kappa shape index (κ3) is 4.20. The minimum Gasteiger partial charge on any atom is -0.490 e. The van der Waals surface area contributed by atoms with Gasteiger partial charge in [0.25, 0.3) is 0 Å². The Labute approximate surface area is 144 Å². The van der Waals surface area contributed by atoms with Gasteiger partial charge in [-0.1, -0.05) is 25.1 Å². The molecule has 2 amide bonds. The van der Waals surface area contributed by atoms with Crippen LogP contribution in [-0.2, 0) is 6.54 Å². The number of likely N-dealkylation sites (tertiary alicyclic amines) is 1. The molecule has 0 aromatic heterocycles. The van der Waals surface area contributed by atoms with E-state index in [1.54, 1.807) is 4.90 Å². The molecule has 1 aliphatic carbocycles. The summed E-state index contributed by atoms with van der Waals surface area (Å²) in [5, 5.41) is 12.9. The van der Waals surface area contributed by atoms with Crippen LogP contribution >= 0.6 is 0 Å². The predicted octanol–water partition coefficient (Wildman–Crippen LogP) is 2.92. The number of aliphatic hydroxyl groups excluding tert-OH is 1. The molecule has 2 atom stereocenters. The van der Waals surface area contributed by atoms with E-state index < -0.39 is 6.10 Å². The molecule has 2 N–H and O–H groups in total. The number of nitrogens with zero attached hydrogens (tertiary/aromatic N) is 1. The van der Waals surface area contributed by atoms with Crippen molar-refractivity contribution in [2.75, 3.05) is 13.1 Å². The van der Waals surface area contributed by atoms with E-state index in [4.69, 9.17) is 4.74 Å². The summed E-state index contributed by atoms with van der Waals surface area (Å²) in [6, 6.07) is 7.80. The van der Waals surface area contributed by atoms with Crippen molar-refractivity contribution in [1.82, 2.24) is 10.2 Å². The summed E-state index contributed by atoms with van der Waals surface area (Å²) in [5.74, 6) is 1.13. The van der Waals surface area contributed by atoms with Crippen molar-refractivity contribution in [3.05, 3.63) is 29.8 Å². The quantitative estimate of drug-likeness (QED) is 0.891. The summed E-state index contributed by atoms with van der Waals surface area (Å²) < 4.78 is 6.11. The van der Waals surface area contributed by atoms with Crippen molar-refractivity contribution in [3.63, 3.8) is 0 Å². The van der Waals surface area contributed by atoms with E-state index in [1.807, 2.05) is 31.2 Å². The van der Waals surface area contributed by atoms with Crippen LogP contribution in [0.3, 0.4) is 0 Å². The third-order valence-electron chi connectivity index (χ3n) is 5.20. The van der Waals surface area contributed by atoms with Crippen LogP contribution in [0.4, 0.5) is 4.79 Å². The molecule has 0 bridgehead atoms. The lowest BCUT2D eigenvalue weighted by Gasteiger charge is -2.34. The number of benzene rings is 1. The van der Waals surface area contributed by atoms with Gasteiger partial charge in [-0.2, -0.15) is 0 Å². The maximum absolute atomic E-state index is 12.3. The Kier molecular flexibility index (Phi) is 5.61. The third-order valence-corrected chi connectivity index (χ3v) is 5.20. The van der Waals surface area contributed by atoms with E-state index in [9.17, 15) is 9.90 Å². The Hall–Kier alpha value is -1.75. The molecule has 2 fully saturated rings. The zero-order chi connectivity index (χ0) is 16.9. The van der Waals surface area contributed by atoms with Gasteiger partial charge in [0, 0.05) is 25.2 Å². The Morgan fingerprint density at radius 3 is 2.79 bits per heavy atom. The number of ether oxygens (including phenoxy) is 1. The van der Waals surface area contributed by atoms with Crippen LogP contribution in [-0.4, -0.2) is 41.3 Å². The van der Waals surface area contributed by atoms with E-state index in [2.05, 4.69) is 5.32 Å². The molecule has 1 heterocycles. The normalized spacial score (nSPS) is 24.8. The fourth-order valence-corrected chi connectivity index (χ4v) is 3.47. The van der Waals surface area contributed by atoms with E-state index in [-0.39, 0.29) is 11.9 Å². The molecule has 1 aromatic rings. The summed E-state index contributed by atoms with van der Waals surface area (Å²) in [5.41, 5.74) is 1.00. The van der Waals surface area contributed by atoms with Gasteiger partial charge < -0.3 is 20.1 Å². The van der Waals surface area contributed by atoms with Gasteiger partial charge >= 0.3 is 6.03 Å². The molecule has 24 heavy (non-hydrogen) atoms. The van der Waals surface area contributed by atoms with Crippen LogP contribution in [0, 0.1) is 5.92 Å². The van der Waals surface area contributed by atoms with E-state index in [1.165, 1.54) is 12.8 Å². The summed E-state index contributed by atoms with van der Waals surface area (Å²) in [6.07, 6.45) is 5.42. The molecule has 1 aliphatic heterocycles. The first kappa shape index (κ1) is 17.1. The highest BCUT2D eigenvalue weighted by Crippen LogP contribution is 2.26. The molecule has 5 heteroatoms. The van der Waals surface area contributed by atoms with E-state index in [0.717, 1.165) is 30.6 Å². The first-order chi connectivity index (χ1) is 11.6. The van der Waals surface area contributed by atoms with Gasteiger partial charge in [0.2, 0.25) is 0 Å². The van der Waals surface area contributed by atoms with Crippen LogP contribution in [0.25, 0.3) is 0 Å². The summed E-state index contributed by atoms with van der Waals surface area (Å²) in [4.78, 5) is 14.0. The molecule has 2 aliphatic rings. The van der Waals surface area contributed by atoms with Gasteiger partial charge in [-0.05, 0) is 44.1 Å². The van der Waals surface area contributed by atoms with Crippen molar-refractivity contribution in [2.45, 2.75) is 57.8 Å². The number of piperidine rings is 1. The van der Waals surface area contributed by atoms with Gasteiger partial charge in [0.1, 0.15) is 5.75 Å². The zero-order valence-corrected chi connectivity index (χ0v) is 14.4. The number of rotatable bonds is 4.